The van der Waals surface area contributed by atoms with Gasteiger partial charge in [0.2, 0.25) is 0 Å². The first-order valence-electron chi connectivity index (χ1n) is 5.93. The van der Waals surface area contributed by atoms with Crippen molar-refractivity contribution in [3.05, 3.63) is 0 Å². The molecule has 0 heterocycles. The number of carbonyl (C=O) groups excluding carboxylic acids is 2. The van der Waals surface area contributed by atoms with Crippen LogP contribution in [-0.4, -0.2) is 56.4 Å². The molecule has 0 atom stereocenters. The summed E-state index contributed by atoms with van der Waals surface area (Å²) >= 11 is 0. The Bertz CT molecular complexity index is 274. The lowest BCUT2D eigenvalue weighted by molar-refractivity contribution is -0.140. The van der Waals surface area contributed by atoms with Gasteiger partial charge in [-0.2, -0.15) is 0 Å². The molecule has 0 aromatic rings. The minimum absolute atomic E-state index is 0.178. The van der Waals surface area contributed by atoms with Crippen molar-refractivity contribution in [3.63, 3.8) is 0 Å². The van der Waals surface area contributed by atoms with Crippen molar-refractivity contribution in [1.29, 1.82) is 0 Å². The van der Waals surface area contributed by atoms with E-state index in [1.165, 1.54) is 7.11 Å². The van der Waals surface area contributed by atoms with Crippen molar-refractivity contribution in [1.82, 2.24) is 10.2 Å². The number of amides is 2. The number of rotatable bonds is 6. The van der Waals surface area contributed by atoms with Gasteiger partial charge in [0.05, 0.1) is 20.1 Å². The fourth-order valence-corrected chi connectivity index (χ4v) is 1.24. The third-order valence-corrected chi connectivity index (χ3v) is 2.15. The highest BCUT2D eigenvalue weighted by molar-refractivity contribution is 5.76. The zero-order valence-corrected chi connectivity index (χ0v) is 11.9. The van der Waals surface area contributed by atoms with Crippen LogP contribution in [0.25, 0.3) is 0 Å². The van der Waals surface area contributed by atoms with E-state index in [-0.39, 0.29) is 24.0 Å². The molecule has 1 N–H and O–H groups in total. The summed E-state index contributed by atoms with van der Waals surface area (Å²) in [7, 11) is 2.90. The van der Waals surface area contributed by atoms with Crippen LogP contribution >= 0.6 is 0 Å². The Hall–Kier alpha value is -1.30. The van der Waals surface area contributed by atoms with Gasteiger partial charge in [-0.15, -0.1) is 0 Å². The summed E-state index contributed by atoms with van der Waals surface area (Å²) in [4.78, 5) is 24.6. The molecule has 0 aliphatic heterocycles. The lowest BCUT2D eigenvalue weighted by Crippen LogP contribution is -2.49. The zero-order valence-electron chi connectivity index (χ0n) is 11.9. The van der Waals surface area contributed by atoms with Crippen molar-refractivity contribution in [2.45, 2.75) is 32.7 Å². The molecule has 106 valence electrons. The number of carbonyl (C=O) groups is 2. The smallest absolute Gasteiger partial charge is 0.317 e. The second-order valence-electron chi connectivity index (χ2n) is 4.99. The van der Waals surface area contributed by atoms with E-state index in [0.717, 1.165) is 0 Å². The Balaban J connectivity index is 4.37. The van der Waals surface area contributed by atoms with Crippen LogP contribution in [0, 0.1) is 0 Å². The molecule has 0 rings (SSSR count). The molecule has 18 heavy (non-hydrogen) atoms. The first kappa shape index (κ1) is 16.7. The van der Waals surface area contributed by atoms with Gasteiger partial charge >= 0.3 is 12.0 Å². The van der Waals surface area contributed by atoms with Gasteiger partial charge in [0.1, 0.15) is 0 Å². The zero-order chi connectivity index (χ0) is 14.2. The molecule has 6 nitrogen and oxygen atoms in total. The van der Waals surface area contributed by atoms with Crippen molar-refractivity contribution >= 4 is 12.0 Å². The van der Waals surface area contributed by atoms with E-state index in [4.69, 9.17) is 4.74 Å². The van der Waals surface area contributed by atoms with Gasteiger partial charge < -0.3 is 19.7 Å². The van der Waals surface area contributed by atoms with Gasteiger partial charge in [-0.05, 0) is 20.8 Å². The topological polar surface area (TPSA) is 67.9 Å². The van der Waals surface area contributed by atoms with E-state index < -0.39 is 0 Å². The van der Waals surface area contributed by atoms with Gasteiger partial charge in [0.25, 0.3) is 0 Å². The molecule has 0 saturated heterocycles. The molecule has 0 bridgehead atoms. The largest absolute Gasteiger partial charge is 0.469 e. The molecule has 0 unspecified atom stereocenters. The average molecular weight is 260 g/mol. The van der Waals surface area contributed by atoms with Crippen molar-refractivity contribution in [2.75, 3.05) is 33.9 Å². The van der Waals surface area contributed by atoms with Crippen LogP contribution in [0.1, 0.15) is 27.2 Å². The van der Waals surface area contributed by atoms with Gasteiger partial charge in [0.15, 0.2) is 0 Å². The molecule has 0 radical (unpaired) electrons. The summed E-state index contributed by atoms with van der Waals surface area (Å²) < 4.78 is 9.51. The Labute approximate surface area is 109 Å². The van der Waals surface area contributed by atoms with Gasteiger partial charge in [-0.1, -0.05) is 0 Å². The van der Waals surface area contributed by atoms with Gasteiger partial charge in [-0.25, -0.2) is 4.79 Å². The van der Waals surface area contributed by atoms with Crippen LogP contribution in [0.3, 0.4) is 0 Å². The van der Waals surface area contributed by atoms with Gasteiger partial charge in [-0.3, -0.25) is 4.79 Å². The minimum atomic E-state index is -0.332. The summed E-state index contributed by atoms with van der Waals surface area (Å²) in [6.45, 7) is 6.89. The van der Waals surface area contributed by atoms with E-state index in [2.05, 4.69) is 10.1 Å². The number of esters is 1. The van der Waals surface area contributed by atoms with Crippen LogP contribution in [0.15, 0.2) is 0 Å². The van der Waals surface area contributed by atoms with E-state index in [0.29, 0.717) is 19.7 Å². The average Bonchev–Trinajstić information content (AvgIpc) is 2.26. The summed E-state index contributed by atoms with van der Waals surface area (Å²) in [5.74, 6) is -0.332. The van der Waals surface area contributed by atoms with Crippen LogP contribution in [0.5, 0.6) is 0 Å². The third kappa shape index (κ3) is 7.89. The maximum Gasteiger partial charge on any atom is 0.317 e. The maximum atomic E-state index is 12.0. The first-order chi connectivity index (χ1) is 8.30. The third-order valence-electron chi connectivity index (χ3n) is 2.15. The normalized spacial score (nSPS) is 10.9. The molecule has 0 aromatic carbocycles. The van der Waals surface area contributed by atoms with Crippen molar-refractivity contribution < 1.29 is 19.1 Å². The van der Waals surface area contributed by atoms with E-state index in [9.17, 15) is 9.59 Å². The standard InChI is InChI=1S/C12H24N2O4/c1-12(2,3)13-11(16)14(8-9-17-4)7-6-10(15)18-5/h6-9H2,1-5H3,(H,13,16). The molecular weight excluding hydrogens is 236 g/mol. The van der Waals surface area contributed by atoms with E-state index in [1.54, 1.807) is 12.0 Å². The number of hydrogen-bond acceptors (Lipinski definition) is 4. The molecule has 0 fully saturated rings. The van der Waals surface area contributed by atoms with Crippen molar-refractivity contribution in [2.24, 2.45) is 0 Å². The monoisotopic (exact) mass is 260 g/mol. The molecule has 0 aromatic heterocycles. The highest BCUT2D eigenvalue weighted by Gasteiger charge is 2.20. The maximum absolute atomic E-state index is 12.0. The molecule has 0 aliphatic rings. The highest BCUT2D eigenvalue weighted by atomic mass is 16.5. The Morgan fingerprint density at radius 1 is 1.17 bits per heavy atom. The number of methoxy groups -OCH3 is 2. The second kappa shape index (κ2) is 7.92. The number of hydrogen-bond donors (Lipinski definition) is 1. The summed E-state index contributed by atoms with van der Waals surface area (Å²) in [5, 5.41) is 2.85. The molecule has 0 spiro atoms. The van der Waals surface area contributed by atoms with Crippen molar-refractivity contribution in [3.8, 4) is 0 Å². The predicted molar refractivity (Wildman–Crippen MR) is 68.4 cm³/mol. The second-order valence-corrected chi connectivity index (χ2v) is 4.99. The Morgan fingerprint density at radius 2 is 1.78 bits per heavy atom. The van der Waals surface area contributed by atoms with E-state index >= 15 is 0 Å². The lowest BCUT2D eigenvalue weighted by atomic mass is 10.1. The first-order valence-corrected chi connectivity index (χ1v) is 5.93. The molecule has 0 saturated carbocycles. The summed E-state index contributed by atoms with van der Waals surface area (Å²) in [6.07, 6.45) is 0.178. The molecule has 0 aliphatic carbocycles. The van der Waals surface area contributed by atoms with Crippen LogP contribution in [-0.2, 0) is 14.3 Å². The number of nitrogens with one attached hydrogen (secondary N) is 1. The number of ether oxygens (including phenoxy) is 2. The van der Waals surface area contributed by atoms with Crippen LogP contribution in [0.4, 0.5) is 4.79 Å². The SMILES string of the molecule is COCCN(CCC(=O)OC)C(=O)NC(C)(C)C. The molecular formula is C12H24N2O4. The number of nitrogens with zero attached hydrogens (tertiary/aromatic N) is 1. The van der Waals surface area contributed by atoms with Gasteiger partial charge in [0, 0.05) is 25.7 Å². The summed E-state index contributed by atoms with van der Waals surface area (Å²) in [5.41, 5.74) is -0.312. The summed E-state index contributed by atoms with van der Waals surface area (Å²) in [6, 6.07) is -0.205. The molecule has 6 heteroatoms. The van der Waals surface area contributed by atoms with Crippen LogP contribution < -0.4 is 5.32 Å². The quantitative estimate of drug-likeness (QED) is 0.724. The minimum Gasteiger partial charge on any atom is -0.469 e. The fourth-order valence-electron chi connectivity index (χ4n) is 1.24. The Morgan fingerprint density at radius 3 is 2.22 bits per heavy atom. The Kier molecular flexibility index (Phi) is 7.35. The lowest BCUT2D eigenvalue weighted by Gasteiger charge is -2.28. The highest BCUT2D eigenvalue weighted by Crippen LogP contribution is 2.02. The molecule has 2 amide bonds. The van der Waals surface area contributed by atoms with Crippen LogP contribution in [0.2, 0.25) is 0 Å². The fraction of sp³-hybridized carbons (Fsp3) is 0.833. The van der Waals surface area contributed by atoms with E-state index in [1.807, 2.05) is 20.8 Å². The predicted octanol–water partition coefficient (Wildman–Crippen LogP) is 1.01. The number of urea groups is 1.